The molecule has 0 aliphatic heterocycles. The summed E-state index contributed by atoms with van der Waals surface area (Å²) in [7, 11) is 0. The normalized spacial score (nSPS) is 10.6. The van der Waals surface area contributed by atoms with E-state index in [1.165, 1.54) is 18.2 Å². The molecule has 2 aromatic carbocycles. The molecule has 0 fully saturated rings. The van der Waals surface area contributed by atoms with Gasteiger partial charge in [-0.2, -0.15) is 4.98 Å². The Labute approximate surface area is 158 Å². The van der Waals surface area contributed by atoms with Gasteiger partial charge in [0.25, 0.3) is 0 Å². The van der Waals surface area contributed by atoms with E-state index >= 15 is 0 Å². The lowest BCUT2D eigenvalue weighted by Crippen LogP contribution is -2.05. The van der Waals surface area contributed by atoms with Crippen molar-refractivity contribution in [3.63, 3.8) is 0 Å². The molecular formula is C18H11Cl2FN2O3. The van der Waals surface area contributed by atoms with Gasteiger partial charge in [-0.1, -0.05) is 35.3 Å². The van der Waals surface area contributed by atoms with E-state index in [9.17, 15) is 14.3 Å². The summed E-state index contributed by atoms with van der Waals surface area (Å²) in [5.41, 5.74) is 0.586. The maximum absolute atomic E-state index is 13.8. The van der Waals surface area contributed by atoms with Crippen molar-refractivity contribution in [1.82, 2.24) is 9.97 Å². The molecule has 0 aliphatic carbocycles. The molecule has 5 nitrogen and oxygen atoms in total. The van der Waals surface area contributed by atoms with Crippen molar-refractivity contribution in [3.8, 4) is 23.0 Å². The topological polar surface area (TPSA) is 72.3 Å². The molecule has 0 radical (unpaired) electrons. The lowest BCUT2D eigenvalue weighted by molar-refractivity contribution is 0.0693. The quantitative estimate of drug-likeness (QED) is 0.644. The van der Waals surface area contributed by atoms with E-state index in [1.807, 2.05) is 0 Å². The molecule has 0 atom stereocenters. The second-order valence-electron chi connectivity index (χ2n) is 5.36. The van der Waals surface area contributed by atoms with Crippen LogP contribution < -0.4 is 4.74 Å². The number of halogens is 3. The Morgan fingerprint density at radius 3 is 2.65 bits per heavy atom. The number of carboxylic acid groups (broad SMARTS) is 1. The van der Waals surface area contributed by atoms with Crippen LogP contribution in [0.4, 0.5) is 4.39 Å². The Kier molecular flexibility index (Phi) is 5.06. The van der Waals surface area contributed by atoms with E-state index < -0.39 is 11.8 Å². The van der Waals surface area contributed by atoms with Crippen molar-refractivity contribution in [2.45, 2.75) is 6.92 Å². The minimum absolute atomic E-state index is 0.113. The Morgan fingerprint density at radius 2 is 1.96 bits per heavy atom. The largest absolute Gasteiger partial charge is 0.477 e. The highest BCUT2D eigenvalue weighted by Crippen LogP contribution is 2.33. The van der Waals surface area contributed by atoms with E-state index in [1.54, 1.807) is 25.1 Å². The molecule has 0 saturated heterocycles. The van der Waals surface area contributed by atoms with Crippen molar-refractivity contribution < 1.29 is 19.0 Å². The number of benzene rings is 2. The maximum atomic E-state index is 13.8. The molecule has 3 aromatic rings. The Balaban J connectivity index is 2.08. The molecule has 1 aromatic heterocycles. The number of nitrogens with zero attached hydrogens (tertiary/aromatic N) is 2. The number of aromatic nitrogens is 2. The van der Waals surface area contributed by atoms with Gasteiger partial charge in [0, 0.05) is 22.8 Å². The number of hydrogen-bond donors (Lipinski definition) is 1. The van der Waals surface area contributed by atoms with Crippen LogP contribution in [-0.2, 0) is 0 Å². The molecule has 0 unspecified atom stereocenters. The zero-order valence-electron chi connectivity index (χ0n) is 13.3. The van der Waals surface area contributed by atoms with Gasteiger partial charge < -0.3 is 9.84 Å². The number of aryl methyl sites for hydroxylation is 1. The van der Waals surface area contributed by atoms with Crippen LogP contribution in [0.3, 0.4) is 0 Å². The summed E-state index contributed by atoms with van der Waals surface area (Å²) in [6.07, 6.45) is 1.09. The number of aromatic carboxylic acids is 1. The minimum Gasteiger partial charge on any atom is -0.477 e. The highest BCUT2D eigenvalue weighted by Gasteiger charge is 2.18. The van der Waals surface area contributed by atoms with Gasteiger partial charge >= 0.3 is 5.97 Å². The van der Waals surface area contributed by atoms with Crippen molar-refractivity contribution in [1.29, 1.82) is 0 Å². The maximum Gasteiger partial charge on any atom is 0.342 e. The molecule has 26 heavy (non-hydrogen) atoms. The number of hydrogen-bond acceptors (Lipinski definition) is 4. The Hall–Kier alpha value is -2.70. The third kappa shape index (κ3) is 3.76. The van der Waals surface area contributed by atoms with Gasteiger partial charge in [-0.3, -0.25) is 0 Å². The molecule has 0 saturated carbocycles. The molecule has 8 heteroatoms. The Morgan fingerprint density at radius 1 is 1.19 bits per heavy atom. The third-order valence-electron chi connectivity index (χ3n) is 3.51. The number of carboxylic acids is 1. The first kappa shape index (κ1) is 18.1. The van der Waals surface area contributed by atoms with Crippen LogP contribution in [-0.4, -0.2) is 21.0 Å². The average molecular weight is 393 g/mol. The van der Waals surface area contributed by atoms with Gasteiger partial charge in [0.1, 0.15) is 17.1 Å². The van der Waals surface area contributed by atoms with Crippen LogP contribution in [0.5, 0.6) is 11.6 Å². The van der Waals surface area contributed by atoms with E-state index in [0.717, 1.165) is 6.20 Å². The van der Waals surface area contributed by atoms with Gasteiger partial charge in [-0.15, -0.1) is 0 Å². The van der Waals surface area contributed by atoms with Crippen molar-refractivity contribution in [2.24, 2.45) is 0 Å². The standard InChI is InChI=1S/C18H11Cl2FN2O3/c1-9-2-3-10(6-14(9)21)16-22-8-12(18(24)25)17(23-16)26-15-7-11(19)4-5-13(15)20/h2-8H,1H3,(H,24,25). The van der Waals surface area contributed by atoms with Gasteiger partial charge in [-0.05, 0) is 30.7 Å². The second-order valence-corrected chi connectivity index (χ2v) is 6.20. The molecule has 1 N–H and O–H groups in total. The lowest BCUT2D eigenvalue weighted by atomic mass is 10.1. The molecule has 0 spiro atoms. The van der Waals surface area contributed by atoms with Crippen molar-refractivity contribution in [3.05, 3.63) is 69.6 Å². The van der Waals surface area contributed by atoms with Gasteiger partial charge in [0.15, 0.2) is 5.82 Å². The summed E-state index contributed by atoms with van der Waals surface area (Å²) in [5.74, 6) is -1.68. The predicted molar refractivity (Wildman–Crippen MR) is 95.7 cm³/mol. The minimum atomic E-state index is -1.28. The summed E-state index contributed by atoms with van der Waals surface area (Å²) in [6, 6.07) is 8.98. The fourth-order valence-corrected chi connectivity index (χ4v) is 2.44. The molecule has 0 amide bonds. The summed E-state index contributed by atoms with van der Waals surface area (Å²) >= 11 is 12.0. The summed E-state index contributed by atoms with van der Waals surface area (Å²) in [4.78, 5) is 19.5. The molecule has 3 rings (SSSR count). The van der Waals surface area contributed by atoms with Gasteiger partial charge in [0.05, 0.1) is 5.02 Å². The van der Waals surface area contributed by atoms with Crippen molar-refractivity contribution in [2.75, 3.05) is 0 Å². The van der Waals surface area contributed by atoms with Crippen LogP contribution in [0.1, 0.15) is 15.9 Å². The first-order valence-corrected chi connectivity index (χ1v) is 8.10. The molecule has 0 aliphatic rings. The van der Waals surface area contributed by atoms with Gasteiger partial charge in [-0.25, -0.2) is 14.2 Å². The Bertz CT molecular complexity index is 1010. The van der Waals surface area contributed by atoms with Crippen molar-refractivity contribution >= 4 is 29.2 Å². The zero-order valence-corrected chi connectivity index (χ0v) is 14.8. The lowest BCUT2D eigenvalue weighted by Gasteiger charge is -2.11. The molecule has 1 heterocycles. The van der Waals surface area contributed by atoms with Crippen LogP contribution in [0, 0.1) is 12.7 Å². The number of ether oxygens (including phenoxy) is 1. The van der Waals surface area contributed by atoms with Crippen LogP contribution >= 0.6 is 23.2 Å². The first-order valence-electron chi connectivity index (χ1n) is 7.35. The monoisotopic (exact) mass is 392 g/mol. The zero-order chi connectivity index (χ0) is 18.8. The number of carbonyl (C=O) groups is 1. The SMILES string of the molecule is Cc1ccc(-c2ncc(C(=O)O)c(Oc3cc(Cl)ccc3Cl)n2)cc1F. The van der Waals surface area contributed by atoms with Crippen LogP contribution in [0.15, 0.2) is 42.6 Å². The summed E-state index contributed by atoms with van der Waals surface area (Å²) in [6.45, 7) is 1.63. The first-order chi connectivity index (χ1) is 12.3. The fraction of sp³-hybridized carbons (Fsp3) is 0.0556. The average Bonchev–Trinajstić information content (AvgIpc) is 2.60. The highest BCUT2D eigenvalue weighted by atomic mass is 35.5. The molecule has 0 bridgehead atoms. The van der Waals surface area contributed by atoms with E-state index in [2.05, 4.69) is 9.97 Å². The van der Waals surface area contributed by atoms with Gasteiger partial charge in [0.2, 0.25) is 5.88 Å². The van der Waals surface area contributed by atoms with E-state index in [4.69, 9.17) is 27.9 Å². The second kappa shape index (κ2) is 7.27. The molecule has 132 valence electrons. The smallest absolute Gasteiger partial charge is 0.342 e. The number of rotatable bonds is 4. The van der Waals surface area contributed by atoms with E-state index in [0.29, 0.717) is 16.1 Å². The van der Waals surface area contributed by atoms with E-state index in [-0.39, 0.29) is 28.0 Å². The third-order valence-corrected chi connectivity index (χ3v) is 4.06. The summed E-state index contributed by atoms with van der Waals surface area (Å²) < 4.78 is 19.4. The molecular weight excluding hydrogens is 382 g/mol. The van der Waals surface area contributed by atoms with Crippen LogP contribution in [0.2, 0.25) is 10.0 Å². The highest BCUT2D eigenvalue weighted by molar-refractivity contribution is 6.34. The fourth-order valence-electron chi connectivity index (χ4n) is 2.12. The van der Waals surface area contributed by atoms with Crippen LogP contribution in [0.25, 0.3) is 11.4 Å². The summed E-state index contributed by atoms with van der Waals surface area (Å²) in [5, 5.41) is 9.92. The predicted octanol–water partition coefficient (Wildman–Crippen LogP) is 5.39.